The van der Waals surface area contributed by atoms with Crippen LogP contribution in [0.1, 0.15) is 39.4 Å². The maximum absolute atomic E-state index is 12.6. The van der Waals surface area contributed by atoms with Crippen molar-refractivity contribution in [3.05, 3.63) is 30.1 Å². The van der Waals surface area contributed by atoms with Crippen LogP contribution >= 0.6 is 0 Å². The van der Waals surface area contributed by atoms with Gasteiger partial charge in [-0.1, -0.05) is 19.1 Å². The van der Waals surface area contributed by atoms with Crippen LogP contribution in [0.25, 0.3) is 0 Å². The second-order valence-electron chi connectivity index (χ2n) is 5.67. The maximum atomic E-state index is 12.6. The Hall–Kier alpha value is -1.11. The van der Waals surface area contributed by atoms with E-state index < -0.39 is 10.0 Å². The van der Waals surface area contributed by atoms with Crippen LogP contribution in [0.5, 0.6) is 0 Å². The molecule has 1 N–H and O–H groups in total. The summed E-state index contributed by atoms with van der Waals surface area (Å²) >= 11 is 0. The fourth-order valence-electron chi connectivity index (χ4n) is 2.16. The highest BCUT2D eigenvalue weighted by atomic mass is 32.2. The Bertz CT molecular complexity index is 588. The third-order valence-electron chi connectivity index (χ3n) is 3.22. The molecule has 1 aromatic heterocycles. The van der Waals surface area contributed by atoms with Crippen molar-refractivity contribution in [3.8, 4) is 0 Å². The van der Waals surface area contributed by atoms with Gasteiger partial charge in [-0.25, -0.2) is 8.42 Å². The zero-order valence-corrected chi connectivity index (χ0v) is 14.5. The number of hydrogen-bond acceptors (Lipinski definition) is 3. The average Bonchev–Trinajstić information content (AvgIpc) is 2.80. The molecule has 0 aliphatic heterocycles. The minimum atomic E-state index is -3.47. The third-order valence-corrected chi connectivity index (χ3v) is 4.99. The van der Waals surface area contributed by atoms with Gasteiger partial charge in [-0.3, -0.25) is 0 Å². The number of aromatic nitrogens is 1. The molecule has 0 fully saturated rings. The van der Waals surface area contributed by atoms with E-state index >= 15 is 0 Å². The van der Waals surface area contributed by atoms with Crippen LogP contribution in [-0.4, -0.2) is 37.4 Å². The topological polar surface area (TPSA) is 54.3 Å². The summed E-state index contributed by atoms with van der Waals surface area (Å²) in [5.41, 5.74) is 1.80. The van der Waals surface area contributed by atoms with Gasteiger partial charge in [-0.2, -0.15) is 4.31 Å². The Balaban J connectivity index is 3.15. The quantitative estimate of drug-likeness (QED) is 0.750. The molecule has 1 aromatic rings. The molecular weight excluding hydrogens is 286 g/mol. The molecule has 21 heavy (non-hydrogen) atoms. The summed E-state index contributed by atoms with van der Waals surface area (Å²) in [7, 11) is -1.89. The van der Waals surface area contributed by atoms with Crippen LogP contribution in [0, 0.1) is 0 Å². The van der Waals surface area contributed by atoms with Crippen molar-refractivity contribution in [2.45, 2.75) is 45.2 Å². The molecule has 120 valence electrons. The third kappa shape index (κ3) is 4.43. The molecular formula is C15H27N3O2S. The molecule has 0 atom stereocenters. The van der Waals surface area contributed by atoms with Crippen molar-refractivity contribution in [1.82, 2.24) is 14.2 Å². The van der Waals surface area contributed by atoms with Crippen LogP contribution < -0.4 is 5.32 Å². The summed E-state index contributed by atoms with van der Waals surface area (Å²) in [6.45, 7) is 13.6. The first-order valence-corrected chi connectivity index (χ1v) is 8.66. The molecule has 0 bridgehead atoms. The number of rotatable bonds is 8. The van der Waals surface area contributed by atoms with Gasteiger partial charge < -0.3 is 9.88 Å². The highest BCUT2D eigenvalue weighted by Crippen LogP contribution is 2.22. The van der Waals surface area contributed by atoms with Gasteiger partial charge in [0.25, 0.3) is 0 Å². The normalized spacial score (nSPS) is 12.3. The number of nitrogens with zero attached hydrogens (tertiary/aromatic N) is 2. The van der Waals surface area contributed by atoms with Crippen molar-refractivity contribution >= 4 is 10.0 Å². The molecule has 0 aromatic carbocycles. The monoisotopic (exact) mass is 313 g/mol. The van der Waals surface area contributed by atoms with Crippen LogP contribution in [0.3, 0.4) is 0 Å². The Morgan fingerprint density at radius 1 is 1.48 bits per heavy atom. The van der Waals surface area contributed by atoms with E-state index in [0.29, 0.717) is 18.0 Å². The lowest BCUT2D eigenvalue weighted by Crippen LogP contribution is -2.28. The van der Waals surface area contributed by atoms with Crippen molar-refractivity contribution in [2.75, 3.05) is 20.1 Å². The summed E-state index contributed by atoms with van der Waals surface area (Å²) in [5, 5.41) is 3.24. The SMILES string of the molecule is C=C(C)CN(C)S(=O)(=O)c1cc(CNCC)n(C(C)C)c1. The van der Waals surface area contributed by atoms with E-state index in [-0.39, 0.29) is 6.04 Å². The molecule has 0 saturated carbocycles. The zero-order chi connectivity index (χ0) is 16.2. The summed E-state index contributed by atoms with van der Waals surface area (Å²) in [6, 6.07) is 1.97. The van der Waals surface area contributed by atoms with Crippen molar-refractivity contribution in [2.24, 2.45) is 0 Å². The van der Waals surface area contributed by atoms with Gasteiger partial charge in [0.15, 0.2) is 0 Å². The molecule has 0 saturated heterocycles. The van der Waals surface area contributed by atoms with Gasteiger partial charge in [0.1, 0.15) is 4.90 Å². The lowest BCUT2D eigenvalue weighted by atomic mass is 10.3. The number of sulfonamides is 1. The summed E-state index contributed by atoms with van der Waals surface area (Å²) in [5.74, 6) is 0. The van der Waals surface area contributed by atoms with E-state index in [1.807, 2.05) is 32.3 Å². The molecule has 5 nitrogen and oxygen atoms in total. The smallest absolute Gasteiger partial charge is 0.244 e. The van der Waals surface area contributed by atoms with Crippen LogP contribution in [0.15, 0.2) is 29.3 Å². The second-order valence-corrected chi connectivity index (χ2v) is 7.71. The molecule has 6 heteroatoms. The van der Waals surface area contributed by atoms with Gasteiger partial charge in [-0.15, -0.1) is 0 Å². The van der Waals surface area contributed by atoms with Gasteiger partial charge in [0.05, 0.1) is 0 Å². The van der Waals surface area contributed by atoms with Gasteiger partial charge in [-0.05, 0) is 33.4 Å². The molecule has 1 heterocycles. The fraction of sp³-hybridized carbons (Fsp3) is 0.600. The molecule has 0 spiro atoms. The van der Waals surface area contributed by atoms with Crippen LogP contribution in [0.4, 0.5) is 0 Å². The number of nitrogens with one attached hydrogen (secondary N) is 1. The Morgan fingerprint density at radius 2 is 2.10 bits per heavy atom. The first-order valence-electron chi connectivity index (χ1n) is 7.22. The minimum Gasteiger partial charge on any atom is -0.346 e. The fourth-order valence-corrected chi connectivity index (χ4v) is 3.44. The predicted molar refractivity (Wildman–Crippen MR) is 86.8 cm³/mol. The first kappa shape index (κ1) is 17.9. The van der Waals surface area contributed by atoms with Crippen molar-refractivity contribution < 1.29 is 8.42 Å². The average molecular weight is 313 g/mol. The van der Waals surface area contributed by atoms with Gasteiger partial charge >= 0.3 is 0 Å². The summed E-state index contributed by atoms with van der Waals surface area (Å²) < 4.78 is 28.5. The number of likely N-dealkylation sites (N-methyl/N-ethyl adjacent to an activating group) is 1. The van der Waals surface area contributed by atoms with Crippen molar-refractivity contribution in [3.63, 3.8) is 0 Å². The molecule has 0 aliphatic carbocycles. The van der Waals surface area contributed by atoms with Gasteiger partial charge in [0.2, 0.25) is 10.0 Å². The Labute approximate surface area is 128 Å². The highest BCUT2D eigenvalue weighted by molar-refractivity contribution is 7.89. The predicted octanol–water partition coefficient (Wildman–Crippen LogP) is 2.38. The van der Waals surface area contributed by atoms with E-state index in [1.54, 1.807) is 19.3 Å². The second kappa shape index (κ2) is 7.24. The maximum Gasteiger partial charge on any atom is 0.244 e. The summed E-state index contributed by atoms with van der Waals surface area (Å²) in [6.07, 6.45) is 1.72. The van der Waals surface area contributed by atoms with Crippen LogP contribution in [-0.2, 0) is 16.6 Å². The van der Waals surface area contributed by atoms with Crippen molar-refractivity contribution in [1.29, 1.82) is 0 Å². The Morgan fingerprint density at radius 3 is 2.57 bits per heavy atom. The van der Waals surface area contributed by atoms with E-state index in [1.165, 1.54) is 4.31 Å². The van der Waals surface area contributed by atoms with E-state index in [9.17, 15) is 8.42 Å². The molecule has 0 amide bonds. The van der Waals surface area contributed by atoms with Gasteiger partial charge in [0, 0.05) is 38.1 Å². The zero-order valence-electron chi connectivity index (χ0n) is 13.7. The first-order chi connectivity index (χ1) is 9.70. The minimum absolute atomic E-state index is 0.217. The van der Waals surface area contributed by atoms with Crippen LogP contribution in [0.2, 0.25) is 0 Å². The van der Waals surface area contributed by atoms with E-state index in [2.05, 4.69) is 11.9 Å². The Kier molecular flexibility index (Phi) is 6.19. The molecule has 0 radical (unpaired) electrons. The van der Waals surface area contributed by atoms with E-state index in [4.69, 9.17) is 0 Å². The summed E-state index contributed by atoms with van der Waals surface area (Å²) in [4.78, 5) is 0.341. The standard InChI is InChI=1S/C15H27N3O2S/c1-7-16-9-14-8-15(11-18(14)13(4)5)21(19,20)17(6)10-12(2)3/h8,11,13,16H,2,7,9-10H2,1,3-6H3. The lowest BCUT2D eigenvalue weighted by Gasteiger charge is -2.16. The van der Waals surface area contributed by atoms with E-state index in [0.717, 1.165) is 17.8 Å². The lowest BCUT2D eigenvalue weighted by molar-refractivity contribution is 0.492. The molecule has 1 rings (SSSR count). The number of hydrogen-bond donors (Lipinski definition) is 1. The highest BCUT2D eigenvalue weighted by Gasteiger charge is 2.24. The molecule has 0 aliphatic rings. The molecule has 0 unspecified atom stereocenters. The largest absolute Gasteiger partial charge is 0.346 e.